The summed E-state index contributed by atoms with van der Waals surface area (Å²) in [6.45, 7) is 2.04. The Labute approximate surface area is 167 Å². The fourth-order valence-corrected chi connectivity index (χ4v) is 2.77. The van der Waals surface area contributed by atoms with E-state index in [9.17, 15) is 4.39 Å². The number of rotatable bonds is 2. The maximum Gasteiger partial charge on any atom is 0.142 e. The topological polar surface area (TPSA) is 54.5 Å². The molecule has 0 saturated carbocycles. The summed E-state index contributed by atoms with van der Waals surface area (Å²) in [4.78, 5) is 0. The lowest BCUT2D eigenvalue weighted by molar-refractivity contribution is 0.623. The van der Waals surface area contributed by atoms with Crippen LogP contribution >= 0.6 is 0 Å². The summed E-state index contributed by atoms with van der Waals surface area (Å²) < 4.78 is 15.4. The molecule has 4 nitrogen and oxygen atoms in total. The minimum absolute atomic E-state index is 0.0118. The zero-order chi connectivity index (χ0) is 20.2. The molecule has 0 saturated heterocycles. The van der Waals surface area contributed by atoms with Gasteiger partial charge in [0.1, 0.15) is 17.6 Å². The van der Waals surface area contributed by atoms with Gasteiger partial charge in [-0.05, 0) is 49.4 Å². The quantitative estimate of drug-likeness (QED) is 0.477. The zero-order valence-corrected chi connectivity index (χ0v) is 15.6. The van der Waals surface area contributed by atoms with Crippen LogP contribution in [-0.2, 0) is 0 Å². The van der Waals surface area contributed by atoms with Crippen molar-refractivity contribution >= 4 is 0 Å². The zero-order valence-electron chi connectivity index (χ0n) is 15.6. The van der Waals surface area contributed by atoms with Crippen molar-refractivity contribution in [2.45, 2.75) is 6.92 Å². The lowest BCUT2D eigenvalue weighted by Crippen LogP contribution is -1.94. The third-order valence-corrected chi connectivity index (χ3v) is 4.41. The van der Waals surface area contributed by atoms with Crippen LogP contribution in [0.2, 0.25) is 0 Å². The summed E-state index contributed by atoms with van der Waals surface area (Å²) in [5.74, 6) is 5.34. The molecule has 0 radical (unpaired) electrons. The van der Waals surface area contributed by atoms with Crippen molar-refractivity contribution in [1.29, 1.82) is 5.26 Å². The standard InChI is InChI=1S/C24H15FN4/c1-17-2-9-20(10-3-17)24-16-29(28-27-24)22-12-7-18(8-13-22)4-5-19-6-11-21(15-26)23(25)14-19/h2-3,6-14,16H,1H3. The minimum Gasteiger partial charge on any atom is -0.220 e. The molecular weight excluding hydrogens is 363 g/mol. The second kappa shape index (κ2) is 7.80. The van der Waals surface area contributed by atoms with Crippen LogP contribution in [0.1, 0.15) is 22.3 Å². The fourth-order valence-electron chi connectivity index (χ4n) is 2.77. The SMILES string of the molecule is Cc1ccc(-c2cn(-c3ccc(C#Cc4ccc(C#N)c(F)c4)cc3)nn2)cc1. The van der Waals surface area contributed by atoms with E-state index in [1.807, 2.05) is 61.7 Å². The molecule has 4 aromatic rings. The lowest BCUT2D eigenvalue weighted by Gasteiger charge is -2.00. The van der Waals surface area contributed by atoms with E-state index >= 15 is 0 Å². The molecule has 0 aliphatic carbocycles. The van der Waals surface area contributed by atoms with Crippen LogP contribution in [0.3, 0.4) is 0 Å². The normalized spacial score (nSPS) is 10.1. The van der Waals surface area contributed by atoms with Gasteiger partial charge in [-0.15, -0.1) is 5.10 Å². The molecule has 0 atom stereocenters. The van der Waals surface area contributed by atoms with Crippen molar-refractivity contribution in [2.75, 3.05) is 0 Å². The van der Waals surface area contributed by atoms with Gasteiger partial charge in [0.05, 0.1) is 17.4 Å². The number of hydrogen-bond donors (Lipinski definition) is 0. The first-order chi connectivity index (χ1) is 14.1. The largest absolute Gasteiger partial charge is 0.220 e. The Kier molecular flexibility index (Phi) is 4.88. The number of aryl methyl sites for hydroxylation is 1. The van der Waals surface area contributed by atoms with Gasteiger partial charge in [0, 0.05) is 16.7 Å². The Hall–Kier alpha value is -4.22. The molecule has 4 rings (SSSR count). The van der Waals surface area contributed by atoms with E-state index in [0.717, 1.165) is 22.5 Å². The molecule has 1 aromatic heterocycles. The number of nitriles is 1. The molecule has 5 heteroatoms. The van der Waals surface area contributed by atoms with E-state index in [1.165, 1.54) is 17.7 Å². The fraction of sp³-hybridized carbons (Fsp3) is 0.0417. The summed E-state index contributed by atoms with van der Waals surface area (Å²) in [7, 11) is 0. The lowest BCUT2D eigenvalue weighted by atomic mass is 10.1. The summed E-state index contributed by atoms with van der Waals surface area (Å²) in [5, 5.41) is 17.2. The van der Waals surface area contributed by atoms with Crippen molar-refractivity contribution in [1.82, 2.24) is 15.0 Å². The molecule has 0 unspecified atom stereocenters. The van der Waals surface area contributed by atoms with Gasteiger partial charge in [0.25, 0.3) is 0 Å². The molecule has 0 aliphatic rings. The van der Waals surface area contributed by atoms with Crippen molar-refractivity contribution < 1.29 is 4.39 Å². The molecule has 0 N–H and O–H groups in total. The maximum atomic E-state index is 13.7. The van der Waals surface area contributed by atoms with Crippen LogP contribution in [0, 0.1) is 35.9 Å². The van der Waals surface area contributed by atoms with Gasteiger partial charge < -0.3 is 0 Å². The smallest absolute Gasteiger partial charge is 0.142 e. The van der Waals surface area contributed by atoms with Gasteiger partial charge in [-0.2, -0.15) is 5.26 Å². The summed E-state index contributed by atoms with van der Waals surface area (Å²) in [6.07, 6.45) is 1.88. The van der Waals surface area contributed by atoms with Gasteiger partial charge >= 0.3 is 0 Å². The van der Waals surface area contributed by atoms with Gasteiger partial charge in [-0.1, -0.05) is 46.9 Å². The Morgan fingerprint density at radius 2 is 1.59 bits per heavy atom. The third-order valence-electron chi connectivity index (χ3n) is 4.41. The summed E-state index contributed by atoms with van der Waals surface area (Å²) >= 11 is 0. The van der Waals surface area contributed by atoms with E-state index in [-0.39, 0.29) is 5.56 Å². The van der Waals surface area contributed by atoms with E-state index in [2.05, 4.69) is 22.2 Å². The molecule has 1 heterocycles. The van der Waals surface area contributed by atoms with Crippen molar-refractivity contribution in [3.8, 4) is 34.9 Å². The minimum atomic E-state index is -0.565. The third kappa shape index (κ3) is 4.05. The first-order valence-corrected chi connectivity index (χ1v) is 8.94. The highest BCUT2D eigenvalue weighted by atomic mass is 19.1. The molecule has 3 aromatic carbocycles. The van der Waals surface area contributed by atoms with Gasteiger partial charge in [-0.3, -0.25) is 0 Å². The van der Waals surface area contributed by atoms with Crippen LogP contribution in [0.5, 0.6) is 0 Å². The number of aromatic nitrogens is 3. The van der Waals surface area contributed by atoms with Crippen molar-refractivity contribution in [3.05, 3.63) is 101 Å². The molecule has 0 fully saturated rings. The molecular formula is C24H15FN4. The maximum absolute atomic E-state index is 13.7. The van der Waals surface area contributed by atoms with E-state index in [4.69, 9.17) is 5.26 Å². The van der Waals surface area contributed by atoms with Gasteiger partial charge in [0.15, 0.2) is 0 Å². The summed E-state index contributed by atoms with van der Waals surface area (Å²) in [6, 6.07) is 21.8. The Bertz CT molecular complexity index is 1270. The first-order valence-electron chi connectivity index (χ1n) is 8.94. The Morgan fingerprint density at radius 3 is 2.28 bits per heavy atom. The van der Waals surface area contributed by atoms with Crippen LogP contribution in [-0.4, -0.2) is 15.0 Å². The monoisotopic (exact) mass is 378 g/mol. The highest BCUT2D eigenvalue weighted by Gasteiger charge is 2.05. The number of nitrogens with zero attached hydrogens (tertiary/aromatic N) is 4. The number of hydrogen-bond acceptors (Lipinski definition) is 3. The molecule has 0 bridgehead atoms. The predicted octanol–water partition coefficient (Wildman–Crippen LogP) is 4.65. The van der Waals surface area contributed by atoms with Crippen molar-refractivity contribution in [2.24, 2.45) is 0 Å². The molecule has 0 amide bonds. The molecule has 0 aliphatic heterocycles. The highest BCUT2D eigenvalue weighted by molar-refractivity contribution is 5.58. The average molecular weight is 378 g/mol. The molecule has 29 heavy (non-hydrogen) atoms. The molecule has 0 spiro atoms. The van der Waals surface area contributed by atoms with Gasteiger partial charge in [0.2, 0.25) is 0 Å². The van der Waals surface area contributed by atoms with Gasteiger partial charge in [-0.25, -0.2) is 9.07 Å². The summed E-state index contributed by atoms with van der Waals surface area (Å²) in [5.41, 5.74) is 5.20. The van der Waals surface area contributed by atoms with E-state index in [0.29, 0.717) is 5.56 Å². The second-order valence-electron chi connectivity index (χ2n) is 6.52. The Morgan fingerprint density at radius 1 is 0.897 bits per heavy atom. The van der Waals surface area contributed by atoms with E-state index < -0.39 is 5.82 Å². The average Bonchev–Trinajstić information content (AvgIpc) is 3.23. The Balaban J connectivity index is 1.53. The molecule has 138 valence electrons. The van der Waals surface area contributed by atoms with Crippen LogP contribution in [0.4, 0.5) is 4.39 Å². The number of benzene rings is 3. The van der Waals surface area contributed by atoms with Crippen molar-refractivity contribution in [3.63, 3.8) is 0 Å². The van der Waals surface area contributed by atoms with Crippen LogP contribution in [0.15, 0.2) is 72.9 Å². The highest BCUT2D eigenvalue weighted by Crippen LogP contribution is 2.18. The van der Waals surface area contributed by atoms with Crippen LogP contribution in [0.25, 0.3) is 16.9 Å². The second-order valence-corrected chi connectivity index (χ2v) is 6.52. The van der Waals surface area contributed by atoms with Crippen LogP contribution < -0.4 is 0 Å². The first kappa shape index (κ1) is 18.2. The van der Waals surface area contributed by atoms with E-state index in [1.54, 1.807) is 16.8 Å². The predicted molar refractivity (Wildman–Crippen MR) is 109 cm³/mol. The number of halogens is 1.